The van der Waals surface area contributed by atoms with Crippen molar-refractivity contribution in [1.29, 1.82) is 0 Å². The number of nitrogens with zero attached hydrogens (tertiary/aromatic N) is 2. The lowest BCUT2D eigenvalue weighted by Crippen LogP contribution is -2.29. The first-order valence-corrected chi connectivity index (χ1v) is 7.21. The van der Waals surface area contributed by atoms with Crippen molar-refractivity contribution in [3.63, 3.8) is 0 Å². The standard InChI is InChI=1S/C15H27N2O2/c1-5-6-7-8-11-17-13(2)16(3)12-14(17)9-10-15(18)19-4/h12H,5-11H2,1-4H3/q+1. The zero-order valence-electron chi connectivity index (χ0n) is 12.7. The highest BCUT2D eigenvalue weighted by molar-refractivity contribution is 5.69. The largest absolute Gasteiger partial charge is 0.469 e. The van der Waals surface area contributed by atoms with E-state index in [0.717, 1.165) is 13.0 Å². The van der Waals surface area contributed by atoms with E-state index in [2.05, 4.69) is 36.2 Å². The second-order valence-corrected chi connectivity index (χ2v) is 5.07. The van der Waals surface area contributed by atoms with E-state index in [1.54, 1.807) is 0 Å². The Morgan fingerprint density at radius 3 is 2.74 bits per heavy atom. The molecule has 19 heavy (non-hydrogen) atoms. The Morgan fingerprint density at radius 1 is 1.37 bits per heavy atom. The summed E-state index contributed by atoms with van der Waals surface area (Å²) in [6.45, 7) is 5.40. The first-order chi connectivity index (χ1) is 9.10. The summed E-state index contributed by atoms with van der Waals surface area (Å²) in [5.74, 6) is 1.11. The van der Waals surface area contributed by atoms with Crippen molar-refractivity contribution in [1.82, 2.24) is 4.57 Å². The van der Waals surface area contributed by atoms with Crippen LogP contribution in [0.25, 0.3) is 0 Å². The summed E-state index contributed by atoms with van der Waals surface area (Å²) < 4.78 is 9.17. The van der Waals surface area contributed by atoms with Gasteiger partial charge in [-0.05, 0) is 12.8 Å². The summed E-state index contributed by atoms with van der Waals surface area (Å²) in [6.07, 6.45) is 8.36. The monoisotopic (exact) mass is 267 g/mol. The highest BCUT2D eigenvalue weighted by Crippen LogP contribution is 2.10. The van der Waals surface area contributed by atoms with Crippen molar-refractivity contribution in [2.24, 2.45) is 7.05 Å². The van der Waals surface area contributed by atoms with Crippen molar-refractivity contribution in [2.75, 3.05) is 7.11 Å². The summed E-state index contributed by atoms with van der Waals surface area (Å²) in [7, 11) is 3.50. The molecule has 0 aliphatic heterocycles. The molecular weight excluding hydrogens is 240 g/mol. The van der Waals surface area contributed by atoms with Gasteiger partial charge in [-0.1, -0.05) is 19.8 Å². The second kappa shape index (κ2) is 7.97. The Bertz CT molecular complexity index is 411. The molecule has 0 aliphatic carbocycles. The van der Waals surface area contributed by atoms with E-state index >= 15 is 0 Å². The van der Waals surface area contributed by atoms with Gasteiger partial charge >= 0.3 is 5.97 Å². The van der Waals surface area contributed by atoms with Crippen LogP contribution in [-0.2, 0) is 29.5 Å². The molecule has 1 rings (SSSR count). The lowest BCUT2D eigenvalue weighted by molar-refractivity contribution is -0.677. The normalized spacial score (nSPS) is 10.7. The number of imidazole rings is 1. The molecule has 0 aliphatic rings. The molecule has 108 valence electrons. The third-order valence-corrected chi connectivity index (χ3v) is 3.64. The van der Waals surface area contributed by atoms with Gasteiger partial charge in [-0.2, -0.15) is 0 Å². The van der Waals surface area contributed by atoms with E-state index in [-0.39, 0.29) is 5.97 Å². The smallest absolute Gasteiger partial charge is 0.305 e. The highest BCUT2D eigenvalue weighted by Gasteiger charge is 2.18. The SMILES string of the molecule is CCCCCCn1c(CCC(=O)OC)c[n+](C)c1C. The third-order valence-electron chi connectivity index (χ3n) is 3.64. The molecule has 0 N–H and O–H groups in total. The van der Waals surface area contributed by atoms with Crippen LogP contribution in [0.1, 0.15) is 50.5 Å². The van der Waals surface area contributed by atoms with Gasteiger partial charge in [0.05, 0.1) is 27.1 Å². The minimum absolute atomic E-state index is 0.140. The Labute approximate surface area is 116 Å². The van der Waals surface area contributed by atoms with Gasteiger partial charge < -0.3 is 4.74 Å². The van der Waals surface area contributed by atoms with Gasteiger partial charge in [0, 0.05) is 13.3 Å². The van der Waals surface area contributed by atoms with Crippen LogP contribution in [0.4, 0.5) is 0 Å². The predicted molar refractivity (Wildman–Crippen MR) is 74.8 cm³/mol. The molecule has 0 saturated heterocycles. The number of ether oxygens (including phenoxy) is 1. The number of carbonyl (C=O) groups is 1. The molecule has 0 unspecified atom stereocenters. The van der Waals surface area contributed by atoms with Gasteiger partial charge in [0.25, 0.3) is 5.82 Å². The van der Waals surface area contributed by atoms with Crippen LogP contribution in [0.15, 0.2) is 6.20 Å². The van der Waals surface area contributed by atoms with Crippen LogP contribution in [0.5, 0.6) is 0 Å². The summed E-state index contributed by atoms with van der Waals surface area (Å²) in [4.78, 5) is 11.2. The van der Waals surface area contributed by atoms with E-state index in [1.165, 1.54) is 44.3 Å². The van der Waals surface area contributed by atoms with Crippen molar-refractivity contribution in [3.8, 4) is 0 Å². The van der Waals surface area contributed by atoms with Crippen LogP contribution >= 0.6 is 0 Å². The maximum Gasteiger partial charge on any atom is 0.305 e. The van der Waals surface area contributed by atoms with Gasteiger partial charge in [0.15, 0.2) is 0 Å². The van der Waals surface area contributed by atoms with Gasteiger partial charge in [0.2, 0.25) is 0 Å². The van der Waals surface area contributed by atoms with Crippen LogP contribution in [0.3, 0.4) is 0 Å². The molecule has 0 bridgehead atoms. The fraction of sp³-hybridized carbons (Fsp3) is 0.733. The topological polar surface area (TPSA) is 35.1 Å². The molecule has 0 amide bonds. The molecule has 4 heteroatoms. The van der Waals surface area contributed by atoms with Crippen molar-refractivity contribution in [2.45, 2.75) is 58.9 Å². The van der Waals surface area contributed by atoms with Crippen LogP contribution < -0.4 is 4.57 Å². The number of rotatable bonds is 8. The molecule has 0 spiro atoms. The van der Waals surface area contributed by atoms with E-state index in [4.69, 9.17) is 4.74 Å². The van der Waals surface area contributed by atoms with Crippen LogP contribution in [0, 0.1) is 6.92 Å². The average Bonchev–Trinajstić information content (AvgIpc) is 2.68. The zero-order chi connectivity index (χ0) is 14.3. The zero-order valence-corrected chi connectivity index (χ0v) is 12.7. The Morgan fingerprint density at radius 2 is 2.11 bits per heavy atom. The Balaban J connectivity index is 2.63. The fourth-order valence-electron chi connectivity index (χ4n) is 2.32. The number of carbonyl (C=O) groups excluding carboxylic acids is 1. The maximum absolute atomic E-state index is 11.2. The maximum atomic E-state index is 11.2. The summed E-state index contributed by atoms with van der Waals surface area (Å²) in [5, 5.41) is 0. The van der Waals surface area contributed by atoms with Gasteiger partial charge in [-0.3, -0.25) is 4.79 Å². The molecule has 1 aromatic heterocycles. The molecule has 0 saturated carbocycles. The van der Waals surface area contributed by atoms with Crippen molar-refractivity contribution >= 4 is 5.97 Å². The molecular formula is C15H27N2O2+. The first-order valence-electron chi connectivity index (χ1n) is 7.21. The number of aryl methyl sites for hydroxylation is 2. The van der Waals surface area contributed by atoms with Crippen LogP contribution in [-0.4, -0.2) is 17.6 Å². The fourth-order valence-corrected chi connectivity index (χ4v) is 2.32. The van der Waals surface area contributed by atoms with Crippen LogP contribution in [0.2, 0.25) is 0 Å². The van der Waals surface area contributed by atoms with E-state index in [0.29, 0.717) is 6.42 Å². The van der Waals surface area contributed by atoms with Gasteiger partial charge in [-0.15, -0.1) is 0 Å². The molecule has 0 radical (unpaired) electrons. The minimum atomic E-state index is -0.140. The number of unbranched alkanes of at least 4 members (excludes halogenated alkanes) is 3. The molecule has 1 heterocycles. The van der Waals surface area contributed by atoms with Gasteiger partial charge in [-0.25, -0.2) is 9.13 Å². The number of esters is 1. The molecule has 0 atom stereocenters. The number of methoxy groups -OCH3 is 1. The van der Waals surface area contributed by atoms with Crippen molar-refractivity contribution in [3.05, 3.63) is 17.7 Å². The third kappa shape index (κ3) is 4.69. The molecule has 1 aromatic rings. The first kappa shape index (κ1) is 15.7. The predicted octanol–water partition coefficient (Wildman–Crippen LogP) is 2.31. The quantitative estimate of drug-likeness (QED) is 0.411. The molecule has 4 nitrogen and oxygen atoms in total. The second-order valence-electron chi connectivity index (χ2n) is 5.07. The lowest BCUT2D eigenvalue weighted by Gasteiger charge is -2.03. The average molecular weight is 267 g/mol. The van der Waals surface area contributed by atoms with E-state index in [1.807, 2.05) is 0 Å². The van der Waals surface area contributed by atoms with Gasteiger partial charge in [0.1, 0.15) is 11.9 Å². The minimum Gasteiger partial charge on any atom is -0.469 e. The molecule has 0 fully saturated rings. The number of hydrogen-bond donors (Lipinski definition) is 0. The summed E-state index contributed by atoms with van der Waals surface area (Å²) >= 11 is 0. The highest BCUT2D eigenvalue weighted by atomic mass is 16.5. The Kier molecular flexibility index (Phi) is 6.60. The van der Waals surface area contributed by atoms with E-state index in [9.17, 15) is 4.79 Å². The summed E-state index contributed by atoms with van der Waals surface area (Å²) in [5.41, 5.74) is 1.22. The van der Waals surface area contributed by atoms with E-state index < -0.39 is 0 Å². The van der Waals surface area contributed by atoms with Crippen molar-refractivity contribution < 1.29 is 14.1 Å². The number of aromatic nitrogens is 2. The molecule has 0 aromatic carbocycles. The Hall–Kier alpha value is -1.32. The lowest BCUT2D eigenvalue weighted by atomic mass is 10.2. The number of hydrogen-bond acceptors (Lipinski definition) is 2. The summed E-state index contributed by atoms with van der Waals surface area (Å²) in [6, 6.07) is 0.